The van der Waals surface area contributed by atoms with E-state index >= 15 is 0 Å². The van der Waals surface area contributed by atoms with Crippen molar-refractivity contribution in [1.82, 2.24) is 0 Å². The number of quaternary nitrogens is 1. The molecule has 2 nitrogen and oxygen atoms in total. The zero-order valence-electron chi connectivity index (χ0n) is 8.99. The Labute approximate surface area is 102 Å². The molecule has 0 aromatic carbocycles. The maximum Gasteiger partial charge on any atom is 0.103 e. The predicted molar refractivity (Wildman–Crippen MR) is 55.9 cm³/mol. The number of hydrogen-bond acceptors (Lipinski definition) is 1. The van der Waals surface area contributed by atoms with Crippen LogP contribution >= 0.6 is 0 Å². The summed E-state index contributed by atoms with van der Waals surface area (Å²) in [5.41, 5.74) is 1.69. The normalized spacial score (nSPS) is 32.0. The fourth-order valence-electron chi connectivity index (χ4n) is 3.09. The summed E-state index contributed by atoms with van der Waals surface area (Å²) in [6.07, 6.45) is 8.16. The molecule has 2 aliphatic heterocycles. The SMILES string of the molecule is C1=CCC2C[N+]3(CCOCC3)CC2=C1.[Br-]. The van der Waals surface area contributed by atoms with Gasteiger partial charge in [0.2, 0.25) is 0 Å². The summed E-state index contributed by atoms with van der Waals surface area (Å²) in [7, 11) is 0. The van der Waals surface area contributed by atoms with Gasteiger partial charge in [0, 0.05) is 5.92 Å². The van der Waals surface area contributed by atoms with Crippen molar-refractivity contribution in [2.45, 2.75) is 6.42 Å². The molecule has 2 saturated heterocycles. The molecule has 3 rings (SSSR count). The molecule has 1 atom stereocenters. The van der Waals surface area contributed by atoms with Crippen LogP contribution in [0.5, 0.6) is 0 Å². The van der Waals surface area contributed by atoms with Crippen LogP contribution in [-0.4, -0.2) is 43.9 Å². The number of morpholine rings is 1. The largest absolute Gasteiger partial charge is 1.00 e. The lowest BCUT2D eigenvalue weighted by Crippen LogP contribution is -3.00. The highest BCUT2D eigenvalue weighted by atomic mass is 79.9. The highest BCUT2D eigenvalue weighted by Gasteiger charge is 2.42. The molecule has 15 heavy (non-hydrogen) atoms. The Kier molecular flexibility index (Phi) is 3.33. The van der Waals surface area contributed by atoms with Crippen LogP contribution in [-0.2, 0) is 4.74 Å². The van der Waals surface area contributed by atoms with E-state index < -0.39 is 0 Å². The summed E-state index contributed by atoms with van der Waals surface area (Å²) >= 11 is 0. The Balaban J connectivity index is 0.000000853. The van der Waals surface area contributed by atoms with Gasteiger partial charge in [0.1, 0.15) is 19.6 Å². The van der Waals surface area contributed by atoms with Gasteiger partial charge in [0.25, 0.3) is 0 Å². The van der Waals surface area contributed by atoms with Gasteiger partial charge in [-0.15, -0.1) is 0 Å². The number of allylic oxidation sites excluding steroid dienone is 3. The van der Waals surface area contributed by atoms with Gasteiger partial charge in [-0.2, -0.15) is 0 Å². The molecule has 1 aliphatic carbocycles. The summed E-state index contributed by atoms with van der Waals surface area (Å²) in [5.74, 6) is 0.845. The second kappa shape index (κ2) is 4.40. The minimum atomic E-state index is 0. The van der Waals surface area contributed by atoms with Crippen LogP contribution in [0.25, 0.3) is 0 Å². The van der Waals surface area contributed by atoms with Crippen molar-refractivity contribution in [3.63, 3.8) is 0 Å². The standard InChI is InChI=1S/C12H18NO.BrH/c1-2-4-12-10-13(9-11(12)3-1)5-7-14-8-6-13;/h1-3,12H,4-10H2;1H/q+1;/p-1. The molecule has 0 amide bonds. The molecule has 2 fully saturated rings. The Morgan fingerprint density at radius 1 is 1.27 bits per heavy atom. The number of hydrogen-bond donors (Lipinski definition) is 0. The first-order valence-electron chi connectivity index (χ1n) is 5.66. The lowest BCUT2D eigenvalue weighted by molar-refractivity contribution is -0.923. The second-order valence-corrected chi connectivity index (χ2v) is 4.84. The number of ether oxygens (including phenoxy) is 1. The molecule has 2 heterocycles. The maximum atomic E-state index is 5.46. The van der Waals surface area contributed by atoms with E-state index in [9.17, 15) is 0 Å². The third kappa shape index (κ3) is 2.05. The third-order valence-corrected chi connectivity index (χ3v) is 3.94. The zero-order chi connectivity index (χ0) is 9.43. The lowest BCUT2D eigenvalue weighted by Gasteiger charge is -2.37. The van der Waals surface area contributed by atoms with Crippen molar-refractivity contribution in [2.24, 2.45) is 5.92 Å². The molecule has 0 saturated carbocycles. The van der Waals surface area contributed by atoms with Crippen LogP contribution in [0, 0.1) is 5.92 Å². The van der Waals surface area contributed by atoms with Crippen LogP contribution in [0.1, 0.15) is 6.42 Å². The summed E-state index contributed by atoms with van der Waals surface area (Å²) in [6.45, 7) is 7.04. The van der Waals surface area contributed by atoms with Crippen LogP contribution in [0.2, 0.25) is 0 Å². The summed E-state index contributed by atoms with van der Waals surface area (Å²) in [6, 6.07) is 0. The minimum Gasteiger partial charge on any atom is -1.00 e. The fraction of sp³-hybridized carbons (Fsp3) is 0.667. The van der Waals surface area contributed by atoms with E-state index in [1.165, 1.54) is 37.1 Å². The van der Waals surface area contributed by atoms with E-state index in [0.29, 0.717) is 0 Å². The molecule has 0 radical (unpaired) electrons. The van der Waals surface area contributed by atoms with Crippen LogP contribution in [0.4, 0.5) is 0 Å². The van der Waals surface area contributed by atoms with Gasteiger partial charge in [-0.3, -0.25) is 0 Å². The first-order valence-corrected chi connectivity index (χ1v) is 5.66. The smallest absolute Gasteiger partial charge is 0.103 e. The molecular formula is C12H18BrNO. The van der Waals surface area contributed by atoms with Gasteiger partial charge >= 0.3 is 0 Å². The molecule has 1 spiro atoms. The van der Waals surface area contributed by atoms with Gasteiger partial charge in [0.05, 0.1) is 19.8 Å². The Bertz CT molecular complexity index is 292. The number of fused-ring (bicyclic) bond motifs is 1. The van der Waals surface area contributed by atoms with E-state index in [0.717, 1.165) is 19.1 Å². The molecule has 1 unspecified atom stereocenters. The van der Waals surface area contributed by atoms with E-state index in [1.54, 1.807) is 5.57 Å². The summed E-state index contributed by atoms with van der Waals surface area (Å²) < 4.78 is 6.76. The molecule has 84 valence electrons. The predicted octanol–water partition coefficient (Wildman–Crippen LogP) is -1.65. The van der Waals surface area contributed by atoms with Crippen molar-refractivity contribution >= 4 is 0 Å². The van der Waals surface area contributed by atoms with E-state index in [1.807, 2.05) is 0 Å². The van der Waals surface area contributed by atoms with Crippen LogP contribution < -0.4 is 17.0 Å². The first-order chi connectivity index (χ1) is 6.88. The van der Waals surface area contributed by atoms with Gasteiger partial charge < -0.3 is 26.2 Å². The highest BCUT2D eigenvalue weighted by molar-refractivity contribution is 5.23. The lowest BCUT2D eigenvalue weighted by atomic mass is 9.95. The van der Waals surface area contributed by atoms with Crippen LogP contribution in [0.15, 0.2) is 23.8 Å². The van der Waals surface area contributed by atoms with Crippen molar-refractivity contribution in [2.75, 3.05) is 39.4 Å². The van der Waals surface area contributed by atoms with Gasteiger partial charge in [-0.05, 0) is 12.0 Å². The molecule has 3 heteroatoms. The number of rotatable bonds is 0. The Morgan fingerprint density at radius 3 is 2.80 bits per heavy atom. The summed E-state index contributed by atoms with van der Waals surface area (Å²) in [5, 5.41) is 0. The molecule has 0 aromatic heterocycles. The van der Waals surface area contributed by atoms with Gasteiger partial charge in [-0.1, -0.05) is 18.2 Å². The van der Waals surface area contributed by atoms with Crippen molar-refractivity contribution in [3.8, 4) is 0 Å². The summed E-state index contributed by atoms with van der Waals surface area (Å²) in [4.78, 5) is 0. The third-order valence-electron chi connectivity index (χ3n) is 3.94. The van der Waals surface area contributed by atoms with Crippen molar-refractivity contribution in [1.29, 1.82) is 0 Å². The highest BCUT2D eigenvalue weighted by Crippen LogP contribution is 2.34. The van der Waals surface area contributed by atoms with Crippen LogP contribution in [0.3, 0.4) is 0 Å². The topological polar surface area (TPSA) is 9.23 Å². The first kappa shape index (κ1) is 11.4. The molecule has 0 N–H and O–H groups in total. The van der Waals surface area contributed by atoms with Gasteiger partial charge in [-0.25, -0.2) is 0 Å². The Morgan fingerprint density at radius 2 is 2.07 bits per heavy atom. The molecule has 0 aromatic rings. The van der Waals surface area contributed by atoms with E-state index in [2.05, 4.69) is 18.2 Å². The molecular weight excluding hydrogens is 254 g/mol. The average molecular weight is 272 g/mol. The molecule has 3 aliphatic rings. The van der Waals surface area contributed by atoms with E-state index in [-0.39, 0.29) is 17.0 Å². The van der Waals surface area contributed by atoms with Crippen molar-refractivity contribution < 1.29 is 26.2 Å². The number of nitrogens with zero attached hydrogens (tertiary/aromatic N) is 1. The second-order valence-electron chi connectivity index (χ2n) is 4.84. The minimum absolute atomic E-state index is 0. The Hall–Kier alpha value is -0.120. The zero-order valence-corrected chi connectivity index (χ0v) is 10.6. The molecule has 0 bridgehead atoms. The van der Waals surface area contributed by atoms with E-state index in [4.69, 9.17) is 4.74 Å². The fourth-order valence-corrected chi connectivity index (χ4v) is 3.09. The maximum absolute atomic E-state index is 5.46. The number of halogens is 1. The quantitative estimate of drug-likeness (QED) is 0.480. The van der Waals surface area contributed by atoms with Crippen molar-refractivity contribution in [3.05, 3.63) is 23.8 Å². The van der Waals surface area contributed by atoms with Gasteiger partial charge in [0.15, 0.2) is 0 Å². The monoisotopic (exact) mass is 271 g/mol. The average Bonchev–Trinajstić information content (AvgIpc) is 2.56.